The molecule has 0 aliphatic rings. The van der Waals surface area contributed by atoms with Crippen LogP contribution in [0, 0.1) is 6.92 Å². The number of benzene rings is 3. The van der Waals surface area contributed by atoms with Gasteiger partial charge in [0, 0.05) is 13.2 Å². The first-order chi connectivity index (χ1) is 15.3. The van der Waals surface area contributed by atoms with Crippen LogP contribution in [0.3, 0.4) is 0 Å². The van der Waals surface area contributed by atoms with Crippen LogP contribution < -0.4 is 10.1 Å². The highest BCUT2D eigenvalue weighted by Crippen LogP contribution is 2.19. The number of carbonyl (C=O) groups is 1. The van der Waals surface area contributed by atoms with E-state index in [9.17, 15) is 13.2 Å². The molecule has 0 radical (unpaired) electrons. The van der Waals surface area contributed by atoms with Crippen LogP contribution in [-0.4, -0.2) is 25.1 Å². The van der Waals surface area contributed by atoms with Crippen LogP contribution in [0.15, 0.2) is 89.0 Å². The van der Waals surface area contributed by atoms with Crippen molar-refractivity contribution in [1.29, 1.82) is 0 Å². The van der Waals surface area contributed by atoms with E-state index in [-0.39, 0.29) is 10.5 Å². The third-order valence-electron chi connectivity index (χ3n) is 5.00. The van der Waals surface area contributed by atoms with Gasteiger partial charge in [0.25, 0.3) is 15.9 Å². The first kappa shape index (κ1) is 21.3. The van der Waals surface area contributed by atoms with Gasteiger partial charge < -0.3 is 4.57 Å². The summed E-state index contributed by atoms with van der Waals surface area (Å²) >= 11 is 0. The van der Waals surface area contributed by atoms with E-state index in [4.69, 9.17) is 0 Å². The van der Waals surface area contributed by atoms with Gasteiger partial charge in [0.1, 0.15) is 0 Å². The highest BCUT2D eigenvalue weighted by molar-refractivity contribution is 7.90. The molecular formula is C24H22N4O3S. The van der Waals surface area contributed by atoms with Crippen molar-refractivity contribution < 1.29 is 13.2 Å². The maximum Gasteiger partial charge on any atom is 0.266 e. The molecule has 1 amide bonds. The Labute approximate surface area is 186 Å². The lowest BCUT2D eigenvalue weighted by atomic mass is 10.1. The summed E-state index contributed by atoms with van der Waals surface area (Å²) in [6.45, 7) is 1.86. The predicted octanol–water partition coefficient (Wildman–Crippen LogP) is 4.05. The van der Waals surface area contributed by atoms with Crippen molar-refractivity contribution in [3.63, 3.8) is 0 Å². The molecule has 7 nitrogen and oxygen atoms in total. The average molecular weight is 447 g/mol. The van der Waals surface area contributed by atoms with Crippen molar-refractivity contribution in [3.8, 4) is 0 Å². The fourth-order valence-corrected chi connectivity index (χ4v) is 4.20. The third-order valence-corrected chi connectivity index (χ3v) is 6.35. The molecule has 0 bridgehead atoms. The van der Waals surface area contributed by atoms with Gasteiger partial charge in [-0.1, -0.05) is 48.0 Å². The summed E-state index contributed by atoms with van der Waals surface area (Å²) in [6, 6.07) is 21.8. The zero-order valence-corrected chi connectivity index (χ0v) is 18.4. The predicted molar refractivity (Wildman–Crippen MR) is 126 cm³/mol. The molecule has 8 heteroatoms. The quantitative estimate of drug-likeness (QED) is 0.345. The average Bonchev–Trinajstić information content (AvgIpc) is 3.14. The number of aromatic nitrogens is 1. The molecule has 0 fully saturated rings. The van der Waals surface area contributed by atoms with Gasteiger partial charge in [0.05, 0.1) is 28.1 Å². The van der Waals surface area contributed by atoms with Crippen molar-refractivity contribution in [1.82, 2.24) is 9.29 Å². The summed E-state index contributed by atoms with van der Waals surface area (Å²) in [6.07, 6.45) is 3.12. The maximum atomic E-state index is 12.5. The first-order valence-corrected chi connectivity index (χ1v) is 11.4. The molecule has 0 aliphatic carbocycles. The van der Waals surface area contributed by atoms with Gasteiger partial charge in [-0.05, 0) is 48.0 Å². The topological polar surface area (TPSA) is 92.6 Å². The Morgan fingerprint density at radius 3 is 2.44 bits per heavy atom. The number of hydrogen-bond donors (Lipinski definition) is 2. The van der Waals surface area contributed by atoms with E-state index in [1.807, 2.05) is 49.4 Å². The molecule has 1 heterocycles. The van der Waals surface area contributed by atoms with E-state index >= 15 is 0 Å². The normalized spacial score (nSPS) is 11.7. The number of hydrazone groups is 1. The van der Waals surface area contributed by atoms with Crippen molar-refractivity contribution in [2.75, 3.05) is 5.43 Å². The Kier molecular flexibility index (Phi) is 5.79. The van der Waals surface area contributed by atoms with Gasteiger partial charge in [0.2, 0.25) is 0 Å². The summed E-state index contributed by atoms with van der Waals surface area (Å²) in [5, 5.41) is 6.47. The lowest BCUT2D eigenvalue weighted by molar-refractivity contribution is 0.0981. The highest BCUT2D eigenvalue weighted by atomic mass is 32.2. The third kappa shape index (κ3) is 4.70. The minimum absolute atomic E-state index is 0.0359. The second kappa shape index (κ2) is 8.68. The van der Waals surface area contributed by atoms with Gasteiger partial charge in [0.15, 0.2) is 0 Å². The highest BCUT2D eigenvalue weighted by Gasteiger charge is 2.19. The van der Waals surface area contributed by atoms with Crippen molar-refractivity contribution in [3.05, 3.63) is 95.8 Å². The van der Waals surface area contributed by atoms with E-state index < -0.39 is 15.9 Å². The van der Waals surface area contributed by atoms with Gasteiger partial charge in [-0.15, -0.1) is 0 Å². The monoisotopic (exact) mass is 446 g/mol. The van der Waals surface area contributed by atoms with Crippen molar-refractivity contribution in [2.24, 2.45) is 12.1 Å². The van der Waals surface area contributed by atoms with Crippen LogP contribution in [-0.2, 0) is 17.1 Å². The van der Waals surface area contributed by atoms with E-state index in [0.29, 0.717) is 5.69 Å². The van der Waals surface area contributed by atoms with E-state index in [1.54, 1.807) is 42.2 Å². The Balaban J connectivity index is 1.45. The molecule has 162 valence electrons. The minimum Gasteiger partial charge on any atom is -0.349 e. The first-order valence-electron chi connectivity index (χ1n) is 9.90. The fraction of sp³-hybridized carbons (Fsp3) is 0.0833. The van der Waals surface area contributed by atoms with Crippen LogP contribution in [0.2, 0.25) is 0 Å². The summed E-state index contributed by atoms with van der Waals surface area (Å²) in [5.74, 6) is -0.705. The van der Waals surface area contributed by atoms with Crippen LogP contribution in [0.5, 0.6) is 0 Å². The molecule has 0 unspecified atom stereocenters. The molecule has 0 atom stereocenters. The Hall–Kier alpha value is -3.91. The van der Waals surface area contributed by atoms with Gasteiger partial charge in [-0.3, -0.25) is 10.2 Å². The van der Waals surface area contributed by atoms with E-state index in [1.165, 1.54) is 12.1 Å². The molecule has 2 N–H and O–H groups in total. The Bertz CT molecular complexity index is 1420. The van der Waals surface area contributed by atoms with Gasteiger partial charge in [-0.25, -0.2) is 13.1 Å². The lowest BCUT2D eigenvalue weighted by Crippen LogP contribution is -2.30. The number of hydrogen-bond acceptors (Lipinski definition) is 5. The fourth-order valence-electron chi connectivity index (χ4n) is 3.22. The lowest BCUT2D eigenvalue weighted by Gasteiger charge is -2.06. The number of nitrogens with zero attached hydrogens (tertiary/aromatic N) is 2. The molecule has 0 spiro atoms. The van der Waals surface area contributed by atoms with E-state index in [0.717, 1.165) is 22.0 Å². The zero-order chi connectivity index (χ0) is 22.7. The standard InChI is InChI=1S/C24H22N4O3S/c1-17-7-11-23(12-8-17)32(30,31)27-24(29)20-14-22(28(2)16-20)15-25-26-21-10-9-18-5-3-4-6-19(18)13-21/h3-16,26H,1-2H3,(H,27,29)/b25-15+. The van der Waals surface area contributed by atoms with Crippen LogP contribution in [0.25, 0.3) is 10.8 Å². The summed E-state index contributed by atoms with van der Waals surface area (Å²) in [4.78, 5) is 12.6. The molecule has 1 aromatic heterocycles. The number of aryl methyl sites for hydroxylation is 2. The molecule has 0 aliphatic heterocycles. The Morgan fingerprint density at radius 1 is 0.969 bits per heavy atom. The van der Waals surface area contributed by atoms with E-state index in [2.05, 4.69) is 15.2 Å². The molecule has 4 aromatic rings. The van der Waals surface area contributed by atoms with Crippen LogP contribution in [0.1, 0.15) is 21.6 Å². The number of sulfonamides is 1. The number of fused-ring (bicyclic) bond motifs is 1. The molecule has 0 saturated heterocycles. The summed E-state index contributed by atoms with van der Waals surface area (Å²) in [7, 11) is -2.20. The molecular weight excluding hydrogens is 424 g/mol. The van der Waals surface area contributed by atoms with Gasteiger partial charge in [-0.2, -0.15) is 5.10 Å². The van der Waals surface area contributed by atoms with Crippen molar-refractivity contribution in [2.45, 2.75) is 11.8 Å². The number of nitrogens with one attached hydrogen (secondary N) is 2. The largest absolute Gasteiger partial charge is 0.349 e. The van der Waals surface area contributed by atoms with Gasteiger partial charge >= 0.3 is 0 Å². The second-order valence-corrected chi connectivity index (χ2v) is 9.13. The maximum absolute atomic E-state index is 12.5. The number of amides is 1. The minimum atomic E-state index is -3.95. The molecule has 32 heavy (non-hydrogen) atoms. The summed E-state index contributed by atoms with van der Waals surface area (Å²) < 4.78 is 28.7. The SMILES string of the molecule is Cc1ccc(S(=O)(=O)NC(=O)c2cc(/C=N/Nc3ccc4ccccc4c3)n(C)c2)cc1. The van der Waals surface area contributed by atoms with Crippen molar-refractivity contribution >= 4 is 38.6 Å². The van der Waals surface area contributed by atoms with Crippen LogP contribution in [0.4, 0.5) is 5.69 Å². The molecule has 3 aromatic carbocycles. The molecule has 0 saturated carbocycles. The second-order valence-electron chi connectivity index (χ2n) is 7.44. The smallest absolute Gasteiger partial charge is 0.266 e. The number of anilines is 1. The van der Waals surface area contributed by atoms with Crippen LogP contribution >= 0.6 is 0 Å². The summed E-state index contributed by atoms with van der Waals surface area (Å²) in [5.41, 5.74) is 5.59. The number of carbonyl (C=O) groups excluding carboxylic acids is 1. The zero-order valence-electron chi connectivity index (χ0n) is 17.6. The number of rotatable bonds is 6. The molecule has 4 rings (SSSR count). The Morgan fingerprint density at radius 2 is 1.69 bits per heavy atom.